The molecule has 0 saturated carbocycles. The largest absolute Gasteiger partial charge is 0.368 e. The van der Waals surface area contributed by atoms with Crippen molar-refractivity contribution in [1.82, 2.24) is 16.0 Å². The lowest BCUT2D eigenvalue weighted by Gasteiger charge is -2.37. The van der Waals surface area contributed by atoms with E-state index in [0.29, 0.717) is 6.04 Å². The van der Waals surface area contributed by atoms with Crippen LogP contribution in [-0.4, -0.2) is 37.7 Å². The quantitative estimate of drug-likeness (QED) is 0.615. The number of rotatable bonds is 2. The third kappa shape index (κ3) is 1.88. The van der Waals surface area contributed by atoms with E-state index in [2.05, 4.69) is 41.8 Å². The van der Waals surface area contributed by atoms with Gasteiger partial charge in [0.2, 0.25) is 0 Å². The first-order chi connectivity index (χ1) is 7.19. The van der Waals surface area contributed by atoms with Crippen LogP contribution in [0.1, 0.15) is 26.7 Å². The molecule has 2 aliphatic heterocycles. The van der Waals surface area contributed by atoms with Crippen LogP contribution in [0.15, 0.2) is 4.99 Å². The van der Waals surface area contributed by atoms with E-state index >= 15 is 0 Å². The molecule has 0 radical (unpaired) electrons. The molecule has 0 bridgehead atoms. The summed E-state index contributed by atoms with van der Waals surface area (Å²) in [5, 5.41) is 10.4. The third-order valence-electron chi connectivity index (χ3n) is 3.97. The first kappa shape index (κ1) is 10.9. The van der Waals surface area contributed by atoms with E-state index in [-0.39, 0.29) is 11.7 Å². The van der Waals surface area contributed by atoms with Crippen LogP contribution < -0.4 is 16.0 Å². The van der Waals surface area contributed by atoms with Gasteiger partial charge in [-0.15, -0.1) is 0 Å². The summed E-state index contributed by atoms with van der Waals surface area (Å²) in [6.07, 6.45) is 4.50. The van der Waals surface area contributed by atoms with Crippen LogP contribution in [0.2, 0.25) is 0 Å². The normalized spacial score (nSPS) is 44.6. The zero-order valence-corrected chi connectivity index (χ0v) is 9.88. The minimum absolute atomic E-state index is 0.130. The van der Waals surface area contributed by atoms with E-state index in [9.17, 15) is 0 Å². The molecule has 1 saturated heterocycles. The fraction of sp³-hybridized carbons (Fsp3) is 0.909. The molecule has 15 heavy (non-hydrogen) atoms. The number of nitrogens with one attached hydrogen (secondary N) is 3. The summed E-state index contributed by atoms with van der Waals surface area (Å²) in [5.41, 5.74) is 0.130. The highest BCUT2D eigenvalue weighted by atomic mass is 15.2. The van der Waals surface area contributed by atoms with Gasteiger partial charge in [-0.3, -0.25) is 10.3 Å². The molecule has 0 aromatic carbocycles. The van der Waals surface area contributed by atoms with E-state index in [1.165, 1.54) is 12.8 Å². The highest BCUT2D eigenvalue weighted by Gasteiger charge is 2.43. The Kier molecular flexibility index (Phi) is 2.98. The van der Waals surface area contributed by atoms with Gasteiger partial charge in [-0.2, -0.15) is 0 Å². The van der Waals surface area contributed by atoms with Gasteiger partial charge in [-0.25, -0.2) is 0 Å². The number of hydrogen-bond donors (Lipinski definition) is 3. The summed E-state index contributed by atoms with van der Waals surface area (Å²) in [6, 6.07) is 0.374. The molecule has 0 aliphatic carbocycles. The van der Waals surface area contributed by atoms with E-state index in [1.54, 1.807) is 0 Å². The molecule has 2 heterocycles. The maximum atomic E-state index is 4.44. The third-order valence-corrected chi connectivity index (χ3v) is 3.97. The Hall–Kier alpha value is -0.610. The molecule has 4 nitrogen and oxygen atoms in total. The van der Waals surface area contributed by atoms with Crippen molar-refractivity contribution in [3.8, 4) is 0 Å². The fourth-order valence-corrected chi connectivity index (χ4v) is 2.72. The van der Waals surface area contributed by atoms with Gasteiger partial charge >= 0.3 is 0 Å². The highest BCUT2D eigenvalue weighted by Crippen LogP contribution is 2.28. The van der Waals surface area contributed by atoms with Gasteiger partial charge in [0.1, 0.15) is 6.17 Å². The van der Waals surface area contributed by atoms with Gasteiger partial charge < -0.3 is 10.6 Å². The number of likely N-dealkylation sites (N-methyl/N-ethyl adjacent to an activating group) is 1. The van der Waals surface area contributed by atoms with Gasteiger partial charge in [0.25, 0.3) is 0 Å². The lowest BCUT2D eigenvalue weighted by atomic mass is 9.82. The predicted molar refractivity (Wildman–Crippen MR) is 63.1 cm³/mol. The minimum atomic E-state index is 0.130. The van der Waals surface area contributed by atoms with Crippen molar-refractivity contribution in [2.75, 3.05) is 13.6 Å². The van der Waals surface area contributed by atoms with Crippen molar-refractivity contribution in [2.24, 2.45) is 10.9 Å². The van der Waals surface area contributed by atoms with E-state index in [1.807, 2.05) is 6.34 Å². The fourth-order valence-electron chi connectivity index (χ4n) is 2.72. The highest BCUT2D eigenvalue weighted by molar-refractivity contribution is 5.59. The van der Waals surface area contributed by atoms with E-state index < -0.39 is 0 Å². The molecule has 2 aliphatic rings. The number of nitrogens with zero attached hydrogens (tertiary/aromatic N) is 1. The molecule has 0 aromatic rings. The standard InChI is InChI=1S/C11H22N4/c1-4-8-5-11(2,12-3)9-10(13-6-8)15-7-14-9/h7-10,12-13H,4-6H2,1-3H3,(H,14,15). The van der Waals surface area contributed by atoms with Gasteiger partial charge in [0, 0.05) is 12.1 Å². The van der Waals surface area contributed by atoms with Crippen LogP contribution in [0.25, 0.3) is 0 Å². The molecule has 0 amide bonds. The molecular weight excluding hydrogens is 188 g/mol. The van der Waals surface area contributed by atoms with Crippen molar-refractivity contribution < 1.29 is 0 Å². The molecule has 4 atom stereocenters. The second kappa shape index (κ2) is 4.10. The molecule has 0 spiro atoms. The van der Waals surface area contributed by atoms with Crippen LogP contribution in [-0.2, 0) is 0 Å². The summed E-state index contributed by atoms with van der Waals surface area (Å²) in [5.74, 6) is 0.741. The summed E-state index contributed by atoms with van der Waals surface area (Å²) in [6.45, 7) is 5.64. The first-order valence-corrected chi connectivity index (χ1v) is 5.89. The number of aliphatic imine (C=N–C) groups is 1. The molecule has 4 unspecified atom stereocenters. The molecule has 86 valence electrons. The maximum Gasteiger partial charge on any atom is 0.123 e. The molecule has 0 aromatic heterocycles. The number of hydrogen-bond acceptors (Lipinski definition) is 4. The minimum Gasteiger partial charge on any atom is -0.368 e. The Balaban J connectivity index is 2.18. The van der Waals surface area contributed by atoms with E-state index in [4.69, 9.17) is 0 Å². The molecule has 2 rings (SSSR count). The van der Waals surface area contributed by atoms with Gasteiger partial charge in [-0.1, -0.05) is 13.3 Å². The second-order valence-corrected chi connectivity index (χ2v) is 4.92. The van der Waals surface area contributed by atoms with Crippen LogP contribution in [0, 0.1) is 5.92 Å². The monoisotopic (exact) mass is 210 g/mol. The maximum absolute atomic E-state index is 4.44. The zero-order chi connectivity index (χ0) is 10.9. The summed E-state index contributed by atoms with van der Waals surface area (Å²) >= 11 is 0. The van der Waals surface area contributed by atoms with Gasteiger partial charge in [0.15, 0.2) is 0 Å². The molecule has 4 heteroatoms. The average Bonchev–Trinajstić information content (AvgIpc) is 2.68. The first-order valence-electron chi connectivity index (χ1n) is 5.89. The Morgan fingerprint density at radius 1 is 1.60 bits per heavy atom. The van der Waals surface area contributed by atoms with Crippen molar-refractivity contribution >= 4 is 6.34 Å². The predicted octanol–water partition coefficient (Wildman–Crippen LogP) is 0.310. The van der Waals surface area contributed by atoms with Crippen molar-refractivity contribution in [3.63, 3.8) is 0 Å². The van der Waals surface area contributed by atoms with E-state index in [0.717, 1.165) is 12.5 Å². The zero-order valence-electron chi connectivity index (χ0n) is 9.88. The SMILES string of the molecule is CCC1CNC2N=CNC2C(C)(NC)C1. The van der Waals surface area contributed by atoms with Crippen LogP contribution in [0.4, 0.5) is 0 Å². The Morgan fingerprint density at radius 2 is 2.40 bits per heavy atom. The second-order valence-electron chi connectivity index (χ2n) is 4.92. The van der Waals surface area contributed by atoms with Crippen molar-refractivity contribution in [1.29, 1.82) is 0 Å². The topological polar surface area (TPSA) is 48.5 Å². The van der Waals surface area contributed by atoms with Crippen LogP contribution >= 0.6 is 0 Å². The smallest absolute Gasteiger partial charge is 0.123 e. The summed E-state index contributed by atoms with van der Waals surface area (Å²) in [7, 11) is 2.05. The molecular formula is C11H22N4. The summed E-state index contributed by atoms with van der Waals surface area (Å²) < 4.78 is 0. The number of fused-ring (bicyclic) bond motifs is 1. The lowest BCUT2D eigenvalue weighted by molar-refractivity contribution is 0.243. The van der Waals surface area contributed by atoms with Crippen LogP contribution in [0.5, 0.6) is 0 Å². The summed E-state index contributed by atoms with van der Waals surface area (Å²) in [4.78, 5) is 4.44. The Bertz CT molecular complexity index is 253. The van der Waals surface area contributed by atoms with Crippen molar-refractivity contribution in [2.45, 2.75) is 44.4 Å². The Labute approximate surface area is 91.9 Å². The average molecular weight is 210 g/mol. The molecule has 3 N–H and O–H groups in total. The van der Waals surface area contributed by atoms with Crippen molar-refractivity contribution in [3.05, 3.63) is 0 Å². The Morgan fingerprint density at radius 3 is 3.07 bits per heavy atom. The van der Waals surface area contributed by atoms with Crippen LogP contribution in [0.3, 0.4) is 0 Å². The van der Waals surface area contributed by atoms with Gasteiger partial charge in [0.05, 0.1) is 12.4 Å². The lowest BCUT2D eigenvalue weighted by Crippen LogP contribution is -2.60. The molecule has 1 fully saturated rings. The van der Waals surface area contributed by atoms with Gasteiger partial charge in [-0.05, 0) is 26.3 Å².